The second kappa shape index (κ2) is 10.9. The van der Waals surface area contributed by atoms with Crippen LogP contribution < -0.4 is 5.32 Å². The summed E-state index contributed by atoms with van der Waals surface area (Å²) in [7, 11) is 0. The van der Waals surface area contributed by atoms with Crippen LogP contribution in [-0.4, -0.2) is 41.1 Å². The Morgan fingerprint density at radius 3 is 2.60 bits per heavy atom. The number of hydrogen-bond donors (Lipinski definition) is 2. The van der Waals surface area contributed by atoms with Gasteiger partial charge in [-0.15, -0.1) is 31.4 Å². The molecule has 1 aromatic rings. The number of benzene rings is 1. The van der Waals surface area contributed by atoms with E-state index >= 15 is 0 Å². The summed E-state index contributed by atoms with van der Waals surface area (Å²) in [5.74, 6) is -0.346. The van der Waals surface area contributed by atoms with Gasteiger partial charge in [0.2, 0.25) is 0 Å². The first-order chi connectivity index (χ1) is 11.1. The lowest BCUT2D eigenvalue weighted by Crippen LogP contribution is -2.45. The number of allylic oxidation sites excluding steroid dienone is 1. The summed E-state index contributed by atoms with van der Waals surface area (Å²) >= 11 is 0. The SMILES string of the molecule is C=CCC[C@H](c1cc(C#N)cc([N+](=O)[O-])c1O)N1CCNCC1.Cl.Cl. The quantitative estimate of drug-likeness (QED) is 0.441. The normalized spacial score (nSPS) is 15.2. The molecule has 1 heterocycles. The van der Waals surface area contributed by atoms with E-state index in [1.54, 1.807) is 12.1 Å². The molecule has 2 rings (SSSR count). The van der Waals surface area contributed by atoms with Crippen molar-refractivity contribution in [3.63, 3.8) is 0 Å². The van der Waals surface area contributed by atoms with Gasteiger partial charge in [-0.25, -0.2) is 0 Å². The molecule has 0 radical (unpaired) electrons. The van der Waals surface area contributed by atoms with Crippen molar-refractivity contribution in [3.05, 3.63) is 46.0 Å². The zero-order valence-corrected chi connectivity index (χ0v) is 15.3. The lowest BCUT2D eigenvalue weighted by Gasteiger charge is -2.35. The summed E-state index contributed by atoms with van der Waals surface area (Å²) in [5.41, 5.74) is 0.209. The van der Waals surface area contributed by atoms with Crippen LogP contribution in [0.1, 0.15) is 30.0 Å². The molecule has 25 heavy (non-hydrogen) atoms. The second-order valence-electron chi connectivity index (χ2n) is 5.47. The van der Waals surface area contributed by atoms with Gasteiger partial charge in [-0.1, -0.05) is 6.08 Å². The van der Waals surface area contributed by atoms with Gasteiger partial charge in [0.05, 0.1) is 16.6 Å². The first-order valence-electron chi connectivity index (χ1n) is 7.55. The zero-order valence-electron chi connectivity index (χ0n) is 13.7. The third-order valence-electron chi connectivity index (χ3n) is 4.04. The van der Waals surface area contributed by atoms with E-state index in [-0.39, 0.29) is 42.2 Å². The van der Waals surface area contributed by atoms with Gasteiger partial charge in [-0.3, -0.25) is 15.0 Å². The third kappa shape index (κ3) is 5.58. The minimum absolute atomic E-state index is 0. The van der Waals surface area contributed by atoms with E-state index in [9.17, 15) is 15.2 Å². The Kier molecular flexibility index (Phi) is 10.1. The van der Waals surface area contributed by atoms with Crippen molar-refractivity contribution in [1.29, 1.82) is 5.26 Å². The zero-order chi connectivity index (χ0) is 16.8. The number of nitro groups is 1. The number of phenols is 1. The minimum Gasteiger partial charge on any atom is -0.502 e. The molecule has 0 amide bonds. The maximum Gasteiger partial charge on any atom is 0.312 e. The lowest BCUT2D eigenvalue weighted by molar-refractivity contribution is -0.386. The first kappa shape index (κ1) is 23.1. The number of phenolic OH excluding ortho intramolecular Hbond substituents is 1. The molecule has 1 atom stereocenters. The molecule has 1 saturated heterocycles. The van der Waals surface area contributed by atoms with E-state index in [0.717, 1.165) is 38.7 Å². The van der Waals surface area contributed by atoms with Gasteiger partial charge >= 0.3 is 5.69 Å². The Labute approximate surface area is 159 Å². The van der Waals surface area contributed by atoms with Crippen LogP contribution in [0.3, 0.4) is 0 Å². The molecule has 138 valence electrons. The number of nitriles is 1. The highest BCUT2D eigenvalue weighted by molar-refractivity contribution is 5.85. The van der Waals surface area contributed by atoms with Gasteiger partial charge in [-0.2, -0.15) is 5.26 Å². The molecule has 0 bridgehead atoms. The highest BCUT2D eigenvalue weighted by Crippen LogP contribution is 2.39. The molecule has 1 aliphatic heterocycles. The highest BCUT2D eigenvalue weighted by Gasteiger charge is 2.28. The van der Waals surface area contributed by atoms with Crippen LogP contribution in [0.4, 0.5) is 5.69 Å². The molecular formula is C16H22Cl2N4O3. The number of halogens is 2. The van der Waals surface area contributed by atoms with Crippen molar-refractivity contribution >= 4 is 30.5 Å². The molecule has 0 aromatic heterocycles. The van der Waals surface area contributed by atoms with E-state index in [1.165, 1.54) is 0 Å². The van der Waals surface area contributed by atoms with E-state index < -0.39 is 10.6 Å². The highest BCUT2D eigenvalue weighted by atomic mass is 35.5. The molecule has 9 heteroatoms. The van der Waals surface area contributed by atoms with Gasteiger partial charge in [0.15, 0.2) is 5.75 Å². The summed E-state index contributed by atoms with van der Waals surface area (Å²) in [6, 6.07) is 4.42. The smallest absolute Gasteiger partial charge is 0.312 e. The molecule has 0 saturated carbocycles. The van der Waals surface area contributed by atoms with Crippen LogP contribution in [0.2, 0.25) is 0 Å². The number of nitro benzene ring substituents is 1. The molecule has 1 aliphatic rings. The predicted molar refractivity (Wildman–Crippen MR) is 101 cm³/mol. The van der Waals surface area contributed by atoms with Crippen molar-refractivity contribution in [1.82, 2.24) is 10.2 Å². The Morgan fingerprint density at radius 2 is 2.08 bits per heavy atom. The average molecular weight is 389 g/mol. The Morgan fingerprint density at radius 1 is 1.44 bits per heavy atom. The van der Waals surface area contributed by atoms with Crippen LogP contribution >= 0.6 is 24.8 Å². The molecule has 7 nitrogen and oxygen atoms in total. The fourth-order valence-corrected chi connectivity index (χ4v) is 2.90. The van der Waals surface area contributed by atoms with Crippen LogP contribution in [-0.2, 0) is 0 Å². The number of aromatic hydroxyl groups is 1. The van der Waals surface area contributed by atoms with Crippen molar-refractivity contribution in [2.45, 2.75) is 18.9 Å². The Balaban J connectivity index is 0.00000288. The van der Waals surface area contributed by atoms with Crippen molar-refractivity contribution in [2.75, 3.05) is 26.2 Å². The summed E-state index contributed by atoms with van der Waals surface area (Å²) in [6.07, 6.45) is 3.19. The Hall–Kier alpha value is -1.85. The maximum atomic E-state index is 11.2. The van der Waals surface area contributed by atoms with Crippen molar-refractivity contribution in [3.8, 4) is 11.8 Å². The summed E-state index contributed by atoms with van der Waals surface area (Å²) in [5, 5.41) is 33.9. The standard InChI is InChI=1S/C16H20N4O3.2ClH/c1-2-3-4-14(19-7-5-18-6-8-19)13-9-12(11-17)10-15(16(13)21)20(22)23;;/h2,9-10,14,18,21H,1,3-8H2;2*1H/t14-;;/m1../s1. The molecule has 0 aliphatic carbocycles. The van der Waals surface area contributed by atoms with Gasteiger partial charge in [0, 0.05) is 43.9 Å². The van der Waals surface area contributed by atoms with Crippen LogP contribution in [0.15, 0.2) is 24.8 Å². The maximum absolute atomic E-state index is 11.2. The fourth-order valence-electron chi connectivity index (χ4n) is 2.90. The average Bonchev–Trinajstić information content (AvgIpc) is 2.57. The summed E-state index contributed by atoms with van der Waals surface area (Å²) in [6.45, 7) is 6.94. The molecule has 0 spiro atoms. The topological polar surface area (TPSA) is 102 Å². The van der Waals surface area contributed by atoms with Crippen molar-refractivity contribution in [2.24, 2.45) is 0 Å². The monoisotopic (exact) mass is 388 g/mol. The molecule has 1 fully saturated rings. The third-order valence-corrected chi connectivity index (χ3v) is 4.04. The Bertz CT molecular complexity index is 643. The molecule has 0 unspecified atom stereocenters. The molecule has 1 aromatic carbocycles. The molecular weight excluding hydrogens is 367 g/mol. The van der Waals surface area contributed by atoms with Gasteiger partial charge in [0.1, 0.15) is 0 Å². The van der Waals surface area contributed by atoms with Crippen LogP contribution in [0.25, 0.3) is 0 Å². The van der Waals surface area contributed by atoms with E-state index in [2.05, 4.69) is 16.8 Å². The van der Waals surface area contributed by atoms with E-state index in [1.807, 2.05) is 6.07 Å². The summed E-state index contributed by atoms with van der Waals surface area (Å²) < 4.78 is 0. The number of piperazine rings is 1. The van der Waals surface area contributed by atoms with Crippen molar-refractivity contribution < 1.29 is 10.0 Å². The van der Waals surface area contributed by atoms with E-state index in [4.69, 9.17) is 5.26 Å². The lowest BCUT2D eigenvalue weighted by atomic mass is 9.96. The fraction of sp³-hybridized carbons (Fsp3) is 0.438. The number of nitrogens with one attached hydrogen (secondary N) is 1. The number of hydrogen-bond acceptors (Lipinski definition) is 6. The van der Waals surface area contributed by atoms with E-state index in [0.29, 0.717) is 12.0 Å². The first-order valence-corrected chi connectivity index (χ1v) is 7.55. The van der Waals surface area contributed by atoms with Gasteiger partial charge < -0.3 is 10.4 Å². The van der Waals surface area contributed by atoms with Gasteiger partial charge in [-0.05, 0) is 18.9 Å². The van der Waals surface area contributed by atoms with Crippen LogP contribution in [0.5, 0.6) is 5.75 Å². The largest absolute Gasteiger partial charge is 0.502 e. The second-order valence-corrected chi connectivity index (χ2v) is 5.47. The van der Waals surface area contributed by atoms with Gasteiger partial charge in [0.25, 0.3) is 0 Å². The minimum atomic E-state index is -0.651. The van der Waals surface area contributed by atoms with Crippen LogP contribution in [0, 0.1) is 21.4 Å². The summed E-state index contributed by atoms with van der Waals surface area (Å²) in [4.78, 5) is 12.7. The number of rotatable bonds is 6. The predicted octanol–water partition coefficient (Wildman–Crippen LogP) is 2.93. The number of nitrogens with zero attached hydrogens (tertiary/aromatic N) is 3. The molecule has 2 N–H and O–H groups in total.